The number of para-hydroxylation sites is 3. The number of nitrogens with zero attached hydrogens (tertiary/aromatic N) is 6. The largest absolute Gasteiger partial charge is 0.277 e. The fourth-order valence-corrected chi connectivity index (χ4v) is 3.63. The van der Waals surface area contributed by atoms with E-state index in [1.54, 1.807) is 4.57 Å². The van der Waals surface area contributed by atoms with E-state index in [9.17, 15) is 20.2 Å². The maximum atomic E-state index is 11.4. The highest BCUT2D eigenvalue weighted by Crippen LogP contribution is 2.33. The van der Waals surface area contributed by atoms with Crippen LogP contribution in [0.5, 0.6) is 0 Å². The molecule has 0 saturated carbocycles. The predicted molar refractivity (Wildman–Crippen MR) is 118 cm³/mol. The lowest BCUT2D eigenvalue weighted by Gasteiger charge is -2.11. The van der Waals surface area contributed by atoms with Crippen molar-refractivity contribution in [3.05, 3.63) is 92.5 Å². The predicted octanol–water partition coefficient (Wildman–Crippen LogP) is 4.76. The van der Waals surface area contributed by atoms with Gasteiger partial charge in [-0.3, -0.25) is 24.8 Å². The van der Waals surface area contributed by atoms with E-state index in [1.165, 1.54) is 12.1 Å². The molecule has 0 unspecified atom stereocenters. The van der Waals surface area contributed by atoms with Crippen molar-refractivity contribution in [2.75, 3.05) is 0 Å². The van der Waals surface area contributed by atoms with Crippen molar-refractivity contribution in [1.29, 1.82) is 0 Å². The van der Waals surface area contributed by atoms with Crippen LogP contribution in [0.3, 0.4) is 0 Å². The van der Waals surface area contributed by atoms with Gasteiger partial charge in [0.25, 0.3) is 11.4 Å². The van der Waals surface area contributed by atoms with Crippen LogP contribution in [-0.4, -0.2) is 29.4 Å². The van der Waals surface area contributed by atoms with E-state index < -0.39 is 21.2 Å². The lowest BCUT2D eigenvalue weighted by atomic mass is 10.1. The van der Waals surface area contributed by atoms with Gasteiger partial charge in [0.15, 0.2) is 11.3 Å². The SMILES string of the molecule is Cc1ccccc1-n1c(-c2cc([N+](=O)[O-])cc([N+](=O)[O-])c2)nc2nc3ccccc3nc21. The number of nitro benzene ring substituents is 2. The minimum absolute atomic E-state index is 0.220. The minimum atomic E-state index is -0.665. The summed E-state index contributed by atoms with van der Waals surface area (Å²) in [5, 5.41) is 22.9. The number of aryl methyl sites for hydroxylation is 1. The smallest absolute Gasteiger partial charge is 0.275 e. The van der Waals surface area contributed by atoms with Crippen LogP contribution in [0.1, 0.15) is 5.56 Å². The van der Waals surface area contributed by atoms with E-state index in [0.717, 1.165) is 17.3 Å². The Morgan fingerprint density at radius 2 is 1.38 bits per heavy atom. The van der Waals surface area contributed by atoms with E-state index in [-0.39, 0.29) is 11.4 Å². The molecule has 2 aromatic heterocycles. The second-order valence-corrected chi connectivity index (χ2v) is 7.17. The molecule has 3 aromatic carbocycles. The van der Waals surface area contributed by atoms with E-state index in [0.29, 0.717) is 22.3 Å². The van der Waals surface area contributed by atoms with Crippen molar-refractivity contribution in [2.24, 2.45) is 0 Å². The summed E-state index contributed by atoms with van der Waals surface area (Å²) in [5.74, 6) is 0.274. The lowest BCUT2D eigenvalue weighted by molar-refractivity contribution is -0.394. The molecule has 0 saturated heterocycles. The molecule has 0 aliphatic heterocycles. The number of rotatable bonds is 4. The highest BCUT2D eigenvalue weighted by atomic mass is 16.6. The Hall–Kier alpha value is -4.73. The molecule has 0 N–H and O–H groups in total. The normalized spacial score (nSPS) is 11.2. The van der Waals surface area contributed by atoms with Gasteiger partial charge in [-0.05, 0) is 30.7 Å². The summed E-state index contributed by atoms with van der Waals surface area (Å²) in [4.78, 5) is 35.4. The maximum Gasteiger partial charge on any atom is 0.277 e. The molecule has 2 heterocycles. The Morgan fingerprint density at radius 1 is 0.781 bits per heavy atom. The first-order valence-corrected chi connectivity index (χ1v) is 9.58. The van der Waals surface area contributed by atoms with Gasteiger partial charge < -0.3 is 0 Å². The Kier molecular flexibility index (Phi) is 4.33. The van der Waals surface area contributed by atoms with Crippen molar-refractivity contribution in [3.8, 4) is 17.1 Å². The second kappa shape index (κ2) is 7.20. The van der Waals surface area contributed by atoms with Crippen molar-refractivity contribution in [3.63, 3.8) is 0 Å². The summed E-state index contributed by atoms with van der Waals surface area (Å²) in [6.07, 6.45) is 0. The van der Waals surface area contributed by atoms with Gasteiger partial charge in [-0.1, -0.05) is 30.3 Å². The Bertz CT molecular complexity index is 1530. The molecule has 32 heavy (non-hydrogen) atoms. The van der Waals surface area contributed by atoms with Crippen LogP contribution >= 0.6 is 0 Å². The number of non-ortho nitro benzene ring substituents is 2. The van der Waals surface area contributed by atoms with Crippen LogP contribution < -0.4 is 0 Å². The molecule has 10 heteroatoms. The van der Waals surface area contributed by atoms with Gasteiger partial charge in [0, 0.05) is 17.7 Å². The van der Waals surface area contributed by atoms with Gasteiger partial charge in [0.1, 0.15) is 5.82 Å². The third-order valence-corrected chi connectivity index (χ3v) is 5.11. The molecule has 0 aliphatic carbocycles. The molecule has 0 fully saturated rings. The molecule has 0 atom stereocenters. The number of imidazole rings is 1. The van der Waals surface area contributed by atoms with Gasteiger partial charge in [-0.15, -0.1) is 0 Å². The molecule has 5 aromatic rings. The first-order valence-electron chi connectivity index (χ1n) is 9.58. The Balaban J connectivity index is 1.90. The summed E-state index contributed by atoms with van der Waals surface area (Å²) in [7, 11) is 0. The van der Waals surface area contributed by atoms with E-state index >= 15 is 0 Å². The Labute approximate surface area is 180 Å². The van der Waals surface area contributed by atoms with Crippen LogP contribution in [0, 0.1) is 27.2 Å². The van der Waals surface area contributed by atoms with E-state index in [4.69, 9.17) is 4.98 Å². The van der Waals surface area contributed by atoms with Gasteiger partial charge in [-0.25, -0.2) is 15.0 Å². The zero-order chi connectivity index (χ0) is 22.4. The third kappa shape index (κ3) is 3.10. The van der Waals surface area contributed by atoms with Crippen LogP contribution in [-0.2, 0) is 0 Å². The topological polar surface area (TPSA) is 130 Å². The van der Waals surface area contributed by atoms with Crippen molar-refractivity contribution < 1.29 is 9.85 Å². The molecular weight excluding hydrogens is 412 g/mol. The molecule has 156 valence electrons. The summed E-state index contributed by atoms with van der Waals surface area (Å²) in [6.45, 7) is 1.91. The van der Waals surface area contributed by atoms with Gasteiger partial charge in [0.2, 0.25) is 0 Å². The zero-order valence-electron chi connectivity index (χ0n) is 16.7. The maximum absolute atomic E-state index is 11.4. The number of aromatic nitrogens is 4. The molecule has 0 aliphatic rings. The average molecular weight is 426 g/mol. The van der Waals surface area contributed by atoms with Gasteiger partial charge >= 0.3 is 0 Å². The zero-order valence-corrected chi connectivity index (χ0v) is 16.7. The van der Waals surface area contributed by atoms with Crippen molar-refractivity contribution in [2.45, 2.75) is 6.92 Å². The monoisotopic (exact) mass is 426 g/mol. The minimum Gasteiger partial charge on any atom is -0.275 e. The van der Waals surface area contributed by atoms with E-state index in [2.05, 4.69) is 9.97 Å². The van der Waals surface area contributed by atoms with Crippen molar-refractivity contribution >= 4 is 33.7 Å². The average Bonchev–Trinajstić information content (AvgIpc) is 3.15. The van der Waals surface area contributed by atoms with Crippen LogP contribution in [0.15, 0.2) is 66.7 Å². The quantitative estimate of drug-likeness (QED) is 0.299. The molecule has 0 spiro atoms. The molecule has 5 rings (SSSR count). The van der Waals surface area contributed by atoms with Gasteiger partial charge in [-0.2, -0.15) is 0 Å². The summed E-state index contributed by atoms with van der Waals surface area (Å²) in [5.41, 5.74) is 3.15. The van der Waals surface area contributed by atoms with Crippen LogP contribution in [0.2, 0.25) is 0 Å². The van der Waals surface area contributed by atoms with E-state index in [1.807, 2.05) is 55.5 Å². The van der Waals surface area contributed by atoms with Crippen molar-refractivity contribution in [1.82, 2.24) is 19.5 Å². The fraction of sp³-hybridized carbons (Fsp3) is 0.0455. The van der Waals surface area contributed by atoms with Crippen LogP contribution in [0.25, 0.3) is 39.4 Å². The number of hydrogen-bond acceptors (Lipinski definition) is 7. The third-order valence-electron chi connectivity index (χ3n) is 5.11. The highest BCUT2D eigenvalue weighted by Gasteiger charge is 2.23. The first-order chi connectivity index (χ1) is 15.4. The summed E-state index contributed by atoms with van der Waals surface area (Å²) < 4.78 is 1.73. The molecular formula is C22H14N6O4. The first kappa shape index (κ1) is 19.2. The van der Waals surface area contributed by atoms with Crippen LogP contribution in [0.4, 0.5) is 11.4 Å². The molecule has 0 radical (unpaired) electrons. The fourth-order valence-electron chi connectivity index (χ4n) is 3.63. The number of fused-ring (bicyclic) bond motifs is 2. The summed E-state index contributed by atoms with van der Waals surface area (Å²) >= 11 is 0. The lowest BCUT2D eigenvalue weighted by Crippen LogP contribution is -2.02. The Morgan fingerprint density at radius 3 is 2.00 bits per heavy atom. The molecule has 0 amide bonds. The molecule has 0 bridgehead atoms. The standard InChI is InChI=1S/C22H14N6O4/c1-13-6-2-5-9-19(13)26-21(14-10-15(27(29)30)12-16(11-14)28(31)32)25-20-22(26)24-18-8-4-3-7-17(18)23-20/h2-12H,1H3. The number of nitro groups is 2. The highest BCUT2D eigenvalue weighted by molar-refractivity contribution is 5.86. The number of hydrogen-bond donors (Lipinski definition) is 0. The van der Waals surface area contributed by atoms with Gasteiger partial charge in [0.05, 0.1) is 32.6 Å². The summed E-state index contributed by atoms with van der Waals surface area (Å²) in [6, 6.07) is 18.3. The second-order valence-electron chi connectivity index (χ2n) is 7.17. The molecule has 10 nitrogen and oxygen atoms in total. The number of benzene rings is 3.